The lowest BCUT2D eigenvalue weighted by Gasteiger charge is -2.11. The number of carbonyl (C=O) groups excluding carboxylic acids is 2. The number of carbonyl (C=O) groups is 2. The van der Waals surface area contributed by atoms with Gasteiger partial charge in [-0.3, -0.25) is 9.59 Å². The Kier molecular flexibility index (Phi) is 6.48. The van der Waals surface area contributed by atoms with Gasteiger partial charge in [0.05, 0.1) is 0 Å². The summed E-state index contributed by atoms with van der Waals surface area (Å²) in [4.78, 5) is 20.8. The molecule has 0 bridgehead atoms. The first-order valence-corrected chi connectivity index (χ1v) is 4.97. The molecular weight excluding hydrogens is 256 g/mol. The minimum Gasteiger partial charge on any atom is -0.463 e. The van der Waals surface area contributed by atoms with Crippen LogP contribution in [0.5, 0.6) is 0 Å². The highest BCUT2D eigenvalue weighted by atomic mass is 79.9. The number of ether oxygens (including phenoxy) is 2. The van der Waals surface area contributed by atoms with Crippen LogP contribution in [0.25, 0.3) is 0 Å². The van der Waals surface area contributed by atoms with Crippen LogP contribution in [0.1, 0.15) is 13.8 Å². The van der Waals surface area contributed by atoms with E-state index in [9.17, 15) is 9.59 Å². The third kappa shape index (κ3) is 6.85. The summed E-state index contributed by atoms with van der Waals surface area (Å²) >= 11 is 3.01. The maximum absolute atomic E-state index is 10.9. The molecule has 0 radical (unpaired) electrons. The molecule has 1 N–H and O–H groups in total. The van der Waals surface area contributed by atoms with Crippen LogP contribution in [-0.4, -0.2) is 41.2 Å². The van der Waals surface area contributed by atoms with Crippen molar-refractivity contribution in [3.8, 4) is 0 Å². The second kappa shape index (κ2) is 6.78. The maximum atomic E-state index is 10.9. The van der Waals surface area contributed by atoms with Gasteiger partial charge in [-0.2, -0.15) is 0 Å². The molecule has 0 spiro atoms. The first-order chi connectivity index (χ1) is 6.43. The Balaban J connectivity index is 3.58. The Morgan fingerprint density at radius 2 is 1.86 bits per heavy atom. The lowest BCUT2D eigenvalue weighted by molar-refractivity contribution is -0.150. The Morgan fingerprint density at radius 3 is 2.29 bits per heavy atom. The number of alkyl halides is 1. The standard InChI is InChI=1S/C8H13BrO5/c1-5(9)8(12)14-4-7(11)3-13-6(2)10/h5,7,11H,3-4H2,1-2H3. The van der Waals surface area contributed by atoms with Gasteiger partial charge in [-0.25, -0.2) is 0 Å². The molecule has 5 nitrogen and oxygen atoms in total. The molecule has 0 aromatic carbocycles. The Hall–Kier alpha value is -0.620. The van der Waals surface area contributed by atoms with Crippen LogP contribution in [-0.2, 0) is 19.1 Å². The molecule has 0 aliphatic carbocycles. The minimum atomic E-state index is -0.978. The third-order valence-electron chi connectivity index (χ3n) is 1.22. The SMILES string of the molecule is CC(=O)OCC(O)COC(=O)C(C)Br. The summed E-state index contributed by atoms with van der Waals surface area (Å²) in [5.41, 5.74) is 0. The first kappa shape index (κ1) is 13.4. The van der Waals surface area contributed by atoms with Crippen LogP contribution < -0.4 is 0 Å². The fourth-order valence-electron chi connectivity index (χ4n) is 0.555. The predicted molar refractivity (Wildman–Crippen MR) is 52.0 cm³/mol. The van der Waals surface area contributed by atoms with Gasteiger partial charge >= 0.3 is 11.9 Å². The van der Waals surface area contributed by atoms with E-state index >= 15 is 0 Å². The summed E-state index contributed by atoms with van der Waals surface area (Å²) in [6.07, 6.45) is -0.978. The van der Waals surface area contributed by atoms with Crippen LogP contribution in [0.2, 0.25) is 0 Å². The molecule has 0 aliphatic heterocycles. The Labute approximate surface area is 90.5 Å². The highest BCUT2D eigenvalue weighted by molar-refractivity contribution is 9.10. The predicted octanol–water partition coefficient (Wildman–Crippen LogP) is 0.237. The van der Waals surface area contributed by atoms with Crippen molar-refractivity contribution in [3.63, 3.8) is 0 Å². The first-order valence-electron chi connectivity index (χ1n) is 4.05. The van der Waals surface area contributed by atoms with Crippen molar-refractivity contribution in [1.82, 2.24) is 0 Å². The normalized spacial score (nSPS) is 14.3. The largest absolute Gasteiger partial charge is 0.463 e. The van der Waals surface area contributed by atoms with E-state index in [4.69, 9.17) is 5.11 Å². The fourth-order valence-corrected chi connectivity index (χ4v) is 0.687. The van der Waals surface area contributed by atoms with Crippen molar-refractivity contribution in [1.29, 1.82) is 0 Å². The van der Waals surface area contributed by atoms with Crippen LogP contribution in [0.4, 0.5) is 0 Å². The van der Waals surface area contributed by atoms with Crippen molar-refractivity contribution >= 4 is 27.9 Å². The lowest BCUT2D eigenvalue weighted by atomic mass is 10.4. The summed E-state index contributed by atoms with van der Waals surface area (Å²) < 4.78 is 9.17. The summed E-state index contributed by atoms with van der Waals surface area (Å²) in [6, 6.07) is 0. The van der Waals surface area contributed by atoms with E-state index in [1.54, 1.807) is 6.92 Å². The monoisotopic (exact) mass is 268 g/mol. The van der Waals surface area contributed by atoms with Gasteiger partial charge in [0, 0.05) is 6.92 Å². The molecule has 0 aromatic rings. The van der Waals surface area contributed by atoms with Gasteiger partial charge in [0.2, 0.25) is 0 Å². The van der Waals surface area contributed by atoms with Gasteiger partial charge in [-0.05, 0) is 6.92 Å². The average molecular weight is 269 g/mol. The molecule has 0 fully saturated rings. The van der Waals surface area contributed by atoms with E-state index in [1.165, 1.54) is 6.92 Å². The van der Waals surface area contributed by atoms with Crippen LogP contribution in [0.3, 0.4) is 0 Å². The highest BCUT2D eigenvalue weighted by Crippen LogP contribution is 2.00. The topological polar surface area (TPSA) is 72.8 Å². The molecule has 0 heterocycles. The summed E-state index contributed by atoms with van der Waals surface area (Å²) in [7, 11) is 0. The molecule has 0 saturated carbocycles. The number of esters is 2. The highest BCUT2D eigenvalue weighted by Gasteiger charge is 2.13. The van der Waals surface area contributed by atoms with Crippen molar-refractivity contribution in [2.45, 2.75) is 24.8 Å². The van der Waals surface area contributed by atoms with E-state index < -0.39 is 22.9 Å². The number of rotatable bonds is 5. The van der Waals surface area contributed by atoms with Crippen molar-refractivity contribution in [2.24, 2.45) is 0 Å². The van der Waals surface area contributed by atoms with E-state index in [0.717, 1.165) is 0 Å². The van der Waals surface area contributed by atoms with E-state index in [1.807, 2.05) is 0 Å². The number of hydrogen-bond donors (Lipinski definition) is 1. The van der Waals surface area contributed by atoms with E-state index in [2.05, 4.69) is 25.4 Å². The molecular formula is C8H13BrO5. The molecule has 2 atom stereocenters. The molecule has 2 unspecified atom stereocenters. The summed E-state index contributed by atoms with van der Waals surface area (Å²) in [6.45, 7) is 2.50. The van der Waals surface area contributed by atoms with Crippen molar-refractivity contribution in [3.05, 3.63) is 0 Å². The molecule has 0 rings (SSSR count). The Bertz CT molecular complexity index is 204. The molecule has 0 aromatic heterocycles. The summed E-state index contributed by atoms with van der Waals surface area (Å²) in [5, 5.41) is 9.16. The summed E-state index contributed by atoms with van der Waals surface area (Å²) in [5.74, 6) is -0.948. The maximum Gasteiger partial charge on any atom is 0.319 e. The van der Waals surface area contributed by atoms with Gasteiger partial charge in [0.25, 0.3) is 0 Å². The van der Waals surface area contributed by atoms with Crippen molar-refractivity contribution < 1.29 is 24.2 Å². The number of aliphatic hydroxyl groups is 1. The number of aliphatic hydroxyl groups excluding tert-OH is 1. The molecule has 14 heavy (non-hydrogen) atoms. The van der Waals surface area contributed by atoms with Gasteiger partial charge in [-0.1, -0.05) is 15.9 Å². The zero-order chi connectivity index (χ0) is 11.1. The van der Waals surface area contributed by atoms with Crippen LogP contribution in [0, 0.1) is 0 Å². The van der Waals surface area contributed by atoms with E-state index in [0.29, 0.717) is 0 Å². The van der Waals surface area contributed by atoms with Crippen LogP contribution >= 0.6 is 15.9 Å². The van der Waals surface area contributed by atoms with Gasteiger partial charge < -0.3 is 14.6 Å². The molecule has 0 amide bonds. The molecule has 6 heteroatoms. The number of hydrogen-bond acceptors (Lipinski definition) is 5. The van der Waals surface area contributed by atoms with Gasteiger partial charge in [-0.15, -0.1) is 0 Å². The quantitative estimate of drug-likeness (QED) is 0.571. The molecule has 82 valence electrons. The Morgan fingerprint density at radius 1 is 1.36 bits per heavy atom. The van der Waals surface area contributed by atoms with Crippen LogP contribution in [0.15, 0.2) is 0 Å². The third-order valence-corrected chi connectivity index (χ3v) is 1.60. The fraction of sp³-hybridized carbons (Fsp3) is 0.750. The van der Waals surface area contributed by atoms with Crippen molar-refractivity contribution in [2.75, 3.05) is 13.2 Å². The second-order valence-corrected chi connectivity index (χ2v) is 4.08. The van der Waals surface area contributed by atoms with Gasteiger partial charge in [0.1, 0.15) is 24.1 Å². The van der Waals surface area contributed by atoms with Gasteiger partial charge in [0.15, 0.2) is 0 Å². The zero-order valence-electron chi connectivity index (χ0n) is 8.03. The zero-order valence-corrected chi connectivity index (χ0v) is 9.61. The average Bonchev–Trinajstić information content (AvgIpc) is 2.10. The smallest absolute Gasteiger partial charge is 0.319 e. The number of halogens is 1. The van der Waals surface area contributed by atoms with E-state index in [-0.39, 0.29) is 13.2 Å². The lowest BCUT2D eigenvalue weighted by Crippen LogP contribution is -2.26. The molecule has 0 saturated heterocycles. The minimum absolute atomic E-state index is 0.167. The second-order valence-electron chi connectivity index (χ2n) is 2.70. The molecule has 0 aliphatic rings.